The topological polar surface area (TPSA) is 73.9 Å². The fourth-order valence-corrected chi connectivity index (χ4v) is 3.52. The van der Waals surface area contributed by atoms with Crippen LogP contribution in [0.25, 0.3) is 11.0 Å². The van der Waals surface area contributed by atoms with Crippen molar-refractivity contribution in [1.29, 1.82) is 0 Å². The van der Waals surface area contributed by atoms with E-state index in [0.717, 1.165) is 4.47 Å². The standard InChI is InChI=1S/C18H16BrF2N5O/c19-11-7-12-13(9-24-16(12)23-8-11)17(27)25-14-10-22-4-1-15(14)26-5-2-18(20,21)3-6-26/h1,4,7-10H,2-3,5-6H2,(H,23,24)(H,25,27). The maximum Gasteiger partial charge on any atom is 0.257 e. The summed E-state index contributed by atoms with van der Waals surface area (Å²) in [5, 5.41) is 3.53. The number of piperidine rings is 1. The number of alkyl halides is 2. The number of nitrogens with zero attached hydrogens (tertiary/aromatic N) is 3. The molecule has 1 aliphatic heterocycles. The van der Waals surface area contributed by atoms with Crippen LogP contribution in [0.1, 0.15) is 23.2 Å². The van der Waals surface area contributed by atoms with Gasteiger partial charge in [-0.3, -0.25) is 9.78 Å². The Morgan fingerprint density at radius 2 is 2.07 bits per heavy atom. The molecule has 0 bridgehead atoms. The molecule has 0 aliphatic carbocycles. The first-order valence-corrected chi connectivity index (χ1v) is 9.23. The van der Waals surface area contributed by atoms with Crippen LogP contribution in [0.2, 0.25) is 0 Å². The lowest BCUT2D eigenvalue weighted by molar-refractivity contribution is -0.0220. The van der Waals surface area contributed by atoms with Crippen LogP contribution in [0, 0.1) is 0 Å². The van der Waals surface area contributed by atoms with E-state index in [1.165, 1.54) is 6.20 Å². The molecule has 9 heteroatoms. The van der Waals surface area contributed by atoms with E-state index in [9.17, 15) is 13.6 Å². The molecular weight excluding hydrogens is 420 g/mol. The van der Waals surface area contributed by atoms with Crippen LogP contribution in [-0.2, 0) is 0 Å². The number of amides is 1. The van der Waals surface area contributed by atoms with Crippen molar-refractivity contribution in [3.63, 3.8) is 0 Å². The molecule has 0 saturated carbocycles. The number of carbonyl (C=O) groups excluding carboxylic acids is 1. The number of aromatic amines is 1. The lowest BCUT2D eigenvalue weighted by Crippen LogP contribution is -2.39. The third-order valence-electron chi connectivity index (χ3n) is 4.62. The van der Waals surface area contributed by atoms with E-state index in [2.05, 4.69) is 36.2 Å². The summed E-state index contributed by atoms with van der Waals surface area (Å²) >= 11 is 3.35. The van der Waals surface area contributed by atoms with Crippen molar-refractivity contribution in [2.75, 3.05) is 23.3 Å². The van der Waals surface area contributed by atoms with E-state index in [4.69, 9.17) is 0 Å². The summed E-state index contributed by atoms with van der Waals surface area (Å²) in [6.07, 6.45) is 5.95. The number of H-pyrrole nitrogens is 1. The van der Waals surface area contributed by atoms with Crippen molar-refractivity contribution in [3.8, 4) is 0 Å². The van der Waals surface area contributed by atoms with Crippen molar-refractivity contribution >= 4 is 44.2 Å². The zero-order chi connectivity index (χ0) is 19.0. The summed E-state index contributed by atoms with van der Waals surface area (Å²) in [5.74, 6) is -2.95. The zero-order valence-corrected chi connectivity index (χ0v) is 15.8. The number of nitrogens with one attached hydrogen (secondary N) is 2. The first kappa shape index (κ1) is 17.8. The molecule has 0 spiro atoms. The largest absolute Gasteiger partial charge is 0.369 e. The van der Waals surface area contributed by atoms with Gasteiger partial charge in [0.1, 0.15) is 5.65 Å². The van der Waals surface area contributed by atoms with Gasteiger partial charge < -0.3 is 15.2 Å². The smallest absolute Gasteiger partial charge is 0.257 e. The highest BCUT2D eigenvalue weighted by atomic mass is 79.9. The number of fused-ring (bicyclic) bond motifs is 1. The molecule has 0 radical (unpaired) electrons. The van der Waals surface area contributed by atoms with Gasteiger partial charge in [0.15, 0.2) is 0 Å². The van der Waals surface area contributed by atoms with Gasteiger partial charge in [-0.25, -0.2) is 13.8 Å². The first-order valence-electron chi connectivity index (χ1n) is 8.44. The van der Waals surface area contributed by atoms with Gasteiger partial charge in [0.2, 0.25) is 0 Å². The average molecular weight is 436 g/mol. The third-order valence-corrected chi connectivity index (χ3v) is 5.06. The van der Waals surface area contributed by atoms with Gasteiger partial charge in [0.25, 0.3) is 11.8 Å². The molecule has 1 fully saturated rings. The Hall–Kier alpha value is -2.55. The summed E-state index contributed by atoms with van der Waals surface area (Å²) in [6.45, 7) is 0.452. The van der Waals surface area contributed by atoms with Gasteiger partial charge in [0.05, 0.1) is 23.1 Å². The molecule has 1 aliphatic rings. The number of carbonyl (C=O) groups is 1. The normalized spacial score (nSPS) is 16.5. The second-order valence-corrected chi connectivity index (χ2v) is 7.36. The number of hydrogen-bond acceptors (Lipinski definition) is 4. The maximum atomic E-state index is 13.4. The first-order chi connectivity index (χ1) is 12.9. The van der Waals surface area contributed by atoms with E-state index in [1.54, 1.807) is 24.7 Å². The summed E-state index contributed by atoms with van der Waals surface area (Å²) in [6, 6.07) is 3.54. The molecule has 1 saturated heterocycles. The van der Waals surface area contributed by atoms with Crippen LogP contribution in [0.5, 0.6) is 0 Å². The molecule has 4 rings (SSSR count). The lowest BCUT2D eigenvalue weighted by atomic mass is 10.1. The summed E-state index contributed by atoms with van der Waals surface area (Å²) in [7, 11) is 0. The summed E-state index contributed by atoms with van der Waals surface area (Å²) in [5.41, 5.74) is 2.23. The average Bonchev–Trinajstić information content (AvgIpc) is 3.05. The number of halogens is 3. The fraction of sp³-hybridized carbons (Fsp3) is 0.278. The second kappa shape index (κ2) is 6.88. The molecule has 4 heterocycles. The van der Waals surface area contributed by atoms with Crippen molar-refractivity contribution in [1.82, 2.24) is 15.0 Å². The van der Waals surface area contributed by atoms with Crippen LogP contribution in [-0.4, -0.2) is 39.9 Å². The molecule has 140 valence electrons. The predicted molar refractivity (Wildman–Crippen MR) is 102 cm³/mol. The van der Waals surface area contributed by atoms with Gasteiger partial charge in [-0.2, -0.15) is 0 Å². The summed E-state index contributed by atoms with van der Waals surface area (Å²) < 4.78 is 27.7. The molecule has 27 heavy (non-hydrogen) atoms. The van der Waals surface area contributed by atoms with Crippen molar-refractivity contribution in [3.05, 3.63) is 47.0 Å². The highest BCUT2D eigenvalue weighted by Gasteiger charge is 2.34. The van der Waals surface area contributed by atoms with Crippen molar-refractivity contribution in [2.24, 2.45) is 0 Å². The van der Waals surface area contributed by atoms with Crippen LogP contribution < -0.4 is 10.2 Å². The molecule has 6 nitrogen and oxygen atoms in total. The quantitative estimate of drug-likeness (QED) is 0.646. The Balaban J connectivity index is 1.59. The number of anilines is 2. The number of pyridine rings is 2. The zero-order valence-electron chi connectivity index (χ0n) is 14.2. The molecule has 3 aromatic rings. The van der Waals surface area contributed by atoms with Crippen LogP contribution in [0.3, 0.4) is 0 Å². The van der Waals surface area contributed by atoms with Gasteiger partial charge in [-0.05, 0) is 28.1 Å². The van der Waals surface area contributed by atoms with Gasteiger partial charge >= 0.3 is 0 Å². The predicted octanol–water partition coefficient (Wildman–Crippen LogP) is 4.21. The SMILES string of the molecule is O=C(Nc1cnccc1N1CCC(F)(F)CC1)c1c[nH]c2ncc(Br)cc12. The Morgan fingerprint density at radius 1 is 1.30 bits per heavy atom. The van der Waals surface area contributed by atoms with E-state index in [0.29, 0.717) is 28.0 Å². The van der Waals surface area contributed by atoms with Crippen LogP contribution in [0.15, 0.2) is 41.4 Å². The molecule has 0 unspecified atom stereocenters. The Labute approximate surface area is 162 Å². The Bertz CT molecular complexity index is 996. The van der Waals surface area contributed by atoms with E-state index in [-0.39, 0.29) is 31.8 Å². The number of hydrogen-bond donors (Lipinski definition) is 2. The Morgan fingerprint density at radius 3 is 2.85 bits per heavy atom. The van der Waals surface area contributed by atoms with Crippen LogP contribution in [0.4, 0.5) is 20.2 Å². The van der Waals surface area contributed by atoms with Gasteiger partial charge in [0, 0.05) is 54.4 Å². The van der Waals surface area contributed by atoms with Gasteiger partial charge in [-0.1, -0.05) is 0 Å². The molecule has 1 amide bonds. The number of rotatable bonds is 3. The highest BCUT2D eigenvalue weighted by molar-refractivity contribution is 9.10. The minimum Gasteiger partial charge on any atom is -0.369 e. The minimum atomic E-state index is -2.63. The third kappa shape index (κ3) is 3.64. The fourth-order valence-electron chi connectivity index (χ4n) is 3.19. The molecule has 0 aromatic carbocycles. The molecule has 3 aromatic heterocycles. The van der Waals surface area contributed by atoms with E-state index in [1.807, 2.05) is 11.0 Å². The molecular formula is C18H16BrF2N5O. The Kier molecular flexibility index (Phi) is 4.55. The highest BCUT2D eigenvalue weighted by Crippen LogP contribution is 2.33. The second-order valence-electron chi connectivity index (χ2n) is 6.44. The lowest BCUT2D eigenvalue weighted by Gasteiger charge is -2.34. The molecule has 0 atom stereocenters. The van der Waals surface area contributed by atoms with Crippen LogP contribution >= 0.6 is 15.9 Å². The minimum absolute atomic E-state index is 0.204. The van der Waals surface area contributed by atoms with Gasteiger partial charge in [-0.15, -0.1) is 0 Å². The molecule has 2 N–H and O–H groups in total. The maximum absolute atomic E-state index is 13.4. The monoisotopic (exact) mass is 435 g/mol. The summed E-state index contributed by atoms with van der Waals surface area (Å²) in [4.78, 5) is 25.9. The van der Waals surface area contributed by atoms with E-state index < -0.39 is 5.92 Å². The number of aromatic nitrogens is 3. The van der Waals surface area contributed by atoms with E-state index >= 15 is 0 Å². The van der Waals surface area contributed by atoms with Crippen molar-refractivity contribution in [2.45, 2.75) is 18.8 Å². The van der Waals surface area contributed by atoms with Crippen molar-refractivity contribution < 1.29 is 13.6 Å².